The van der Waals surface area contributed by atoms with Crippen molar-refractivity contribution in [2.45, 2.75) is 19.4 Å². The van der Waals surface area contributed by atoms with Crippen molar-refractivity contribution in [1.82, 2.24) is 0 Å². The van der Waals surface area contributed by atoms with E-state index < -0.39 is 0 Å². The fraction of sp³-hybridized carbons (Fsp3) is 0.250. The molecule has 0 aliphatic carbocycles. The SMILES string of the molecule is C=Cc1c(/C=N\N)cc(-c2c(C)cccc2F)cc1NC1CCOC1. The normalized spacial score (nSPS) is 17.1. The van der Waals surface area contributed by atoms with Crippen LogP contribution in [0.2, 0.25) is 0 Å². The predicted molar refractivity (Wildman–Crippen MR) is 101 cm³/mol. The first kappa shape index (κ1) is 17.2. The van der Waals surface area contributed by atoms with Gasteiger partial charge in [-0.1, -0.05) is 24.8 Å². The lowest BCUT2D eigenvalue weighted by Crippen LogP contribution is -2.20. The first-order valence-electron chi connectivity index (χ1n) is 8.27. The average Bonchev–Trinajstić information content (AvgIpc) is 3.08. The summed E-state index contributed by atoms with van der Waals surface area (Å²) in [6.45, 7) is 7.19. The van der Waals surface area contributed by atoms with Gasteiger partial charge in [-0.15, -0.1) is 0 Å². The van der Waals surface area contributed by atoms with Gasteiger partial charge in [0.1, 0.15) is 5.82 Å². The van der Waals surface area contributed by atoms with Gasteiger partial charge in [0.15, 0.2) is 0 Å². The molecule has 4 nitrogen and oxygen atoms in total. The van der Waals surface area contributed by atoms with E-state index in [0.717, 1.165) is 41.0 Å². The van der Waals surface area contributed by atoms with Crippen LogP contribution in [0, 0.1) is 12.7 Å². The molecule has 25 heavy (non-hydrogen) atoms. The molecule has 0 saturated carbocycles. The number of hydrogen-bond acceptors (Lipinski definition) is 4. The second kappa shape index (κ2) is 7.49. The van der Waals surface area contributed by atoms with E-state index >= 15 is 0 Å². The van der Waals surface area contributed by atoms with Gasteiger partial charge in [-0.3, -0.25) is 0 Å². The van der Waals surface area contributed by atoms with Gasteiger partial charge in [-0.05, 0) is 42.7 Å². The zero-order valence-electron chi connectivity index (χ0n) is 14.3. The fourth-order valence-electron chi connectivity index (χ4n) is 3.22. The van der Waals surface area contributed by atoms with Crippen LogP contribution >= 0.6 is 0 Å². The van der Waals surface area contributed by atoms with Crippen LogP contribution in [0.15, 0.2) is 42.0 Å². The quantitative estimate of drug-likeness (QED) is 0.493. The Bertz CT molecular complexity index is 791. The summed E-state index contributed by atoms with van der Waals surface area (Å²) >= 11 is 0. The van der Waals surface area contributed by atoms with E-state index in [0.29, 0.717) is 12.2 Å². The molecule has 1 unspecified atom stereocenters. The van der Waals surface area contributed by atoms with Crippen LogP contribution in [-0.4, -0.2) is 25.5 Å². The maximum absolute atomic E-state index is 14.5. The van der Waals surface area contributed by atoms with Gasteiger partial charge in [-0.25, -0.2) is 4.39 Å². The average molecular weight is 339 g/mol. The molecule has 1 saturated heterocycles. The molecule has 0 radical (unpaired) electrons. The minimum atomic E-state index is -0.253. The summed E-state index contributed by atoms with van der Waals surface area (Å²) in [7, 11) is 0. The molecule has 0 bridgehead atoms. The maximum Gasteiger partial charge on any atom is 0.131 e. The number of halogens is 1. The number of aryl methyl sites for hydroxylation is 1. The summed E-state index contributed by atoms with van der Waals surface area (Å²) in [5.41, 5.74) is 4.78. The highest BCUT2D eigenvalue weighted by Crippen LogP contribution is 2.33. The molecule has 0 amide bonds. The van der Waals surface area contributed by atoms with Gasteiger partial charge in [0.25, 0.3) is 0 Å². The topological polar surface area (TPSA) is 59.6 Å². The van der Waals surface area contributed by atoms with Crippen LogP contribution < -0.4 is 11.2 Å². The number of hydrogen-bond donors (Lipinski definition) is 2. The van der Waals surface area contributed by atoms with E-state index in [1.54, 1.807) is 18.4 Å². The Morgan fingerprint density at radius 2 is 2.24 bits per heavy atom. The largest absolute Gasteiger partial charge is 0.379 e. The maximum atomic E-state index is 14.5. The molecule has 2 aromatic carbocycles. The standard InChI is InChI=1S/C20H22FN3O/c1-3-17-15(11-23-22)9-14(20-13(2)5-4-6-18(20)21)10-19(17)24-16-7-8-25-12-16/h3-6,9-11,16,24H,1,7-8,12,22H2,2H3/b23-11-. The van der Waals surface area contributed by atoms with Gasteiger partial charge >= 0.3 is 0 Å². The molecule has 0 spiro atoms. The van der Waals surface area contributed by atoms with Crippen molar-refractivity contribution in [2.24, 2.45) is 10.9 Å². The molecule has 5 heteroatoms. The van der Waals surface area contributed by atoms with Crippen LogP contribution in [0.3, 0.4) is 0 Å². The molecular formula is C20H22FN3O. The summed E-state index contributed by atoms with van der Waals surface area (Å²) < 4.78 is 19.9. The van der Waals surface area contributed by atoms with Crippen LogP contribution in [-0.2, 0) is 4.74 Å². The lowest BCUT2D eigenvalue weighted by Gasteiger charge is -2.19. The highest BCUT2D eigenvalue weighted by molar-refractivity contribution is 5.92. The summed E-state index contributed by atoms with van der Waals surface area (Å²) in [6.07, 6.45) is 4.25. The van der Waals surface area contributed by atoms with Crippen LogP contribution in [0.4, 0.5) is 10.1 Å². The lowest BCUT2D eigenvalue weighted by atomic mass is 9.94. The predicted octanol–water partition coefficient (Wildman–Crippen LogP) is 3.94. The zero-order chi connectivity index (χ0) is 17.8. The van der Waals surface area contributed by atoms with E-state index in [9.17, 15) is 4.39 Å². The van der Waals surface area contributed by atoms with Crippen molar-refractivity contribution in [3.05, 3.63) is 59.4 Å². The number of hydrazone groups is 1. The third-order valence-electron chi connectivity index (χ3n) is 4.43. The summed E-state index contributed by atoms with van der Waals surface area (Å²) in [6, 6.07) is 9.14. The first-order valence-corrected chi connectivity index (χ1v) is 8.27. The van der Waals surface area contributed by atoms with Gasteiger partial charge in [-0.2, -0.15) is 5.10 Å². The number of nitrogens with one attached hydrogen (secondary N) is 1. The van der Waals surface area contributed by atoms with Crippen molar-refractivity contribution >= 4 is 18.0 Å². The second-order valence-corrected chi connectivity index (χ2v) is 6.15. The molecule has 3 N–H and O–H groups in total. The van der Waals surface area contributed by atoms with Gasteiger partial charge in [0.05, 0.1) is 18.9 Å². The zero-order valence-corrected chi connectivity index (χ0v) is 14.3. The molecule has 1 heterocycles. The molecule has 130 valence electrons. The van der Waals surface area contributed by atoms with E-state index in [1.807, 2.05) is 25.1 Å². The Labute approximate surface area is 147 Å². The van der Waals surface area contributed by atoms with Crippen LogP contribution in [0.25, 0.3) is 17.2 Å². The van der Waals surface area contributed by atoms with Gasteiger partial charge < -0.3 is 15.9 Å². The van der Waals surface area contributed by atoms with E-state index in [1.165, 1.54) is 6.07 Å². The van der Waals surface area contributed by atoms with E-state index in [-0.39, 0.29) is 11.9 Å². The monoisotopic (exact) mass is 339 g/mol. The van der Waals surface area contributed by atoms with Crippen molar-refractivity contribution < 1.29 is 9.13 Å². The molecule has 3 rings (SSSR count). The summed E-state index contributed by atoms with van der Waals surface area (Å²) in [5, 5.41) is 7.14. The van der Waals surface area contributed by atoms with E-state index in [2.05, 4.69) is 17.0 Å². The summed E-state index contributed by atoms with van der Waals surface area (Å²) in [4.78, 5) is 0. The lowest BCUT2D eigenvalue weighted by molar-refractivity contribution is 0.195. The molecule has 1 atom stereocenters. The minimum Gasteiger partial charge on any atom is -0.379 e. The van der Waals surface area contributed by atoms with E-state index in [4.69, 9.17) is 10.6 Å². The van der Waals surface area contributed by atoms with Crippen molar-refractivity contribution in [2.75, 3.05) is 18.5 Å². The third kappa shape index (κ3) is 3.56. The number of ether oxygens (including phenoxy) is 1. The fourth-order valence-corrected chi connectivity index (χ4v) is 3.22. The van der Waals surface area contributed by atoms with Gasteiger partial charge in [0.2, 0.25) is 0 Å². The Hall–Kier alpha value is -2.66. The molecule has 2 aromatic rings. The Kier molecular flexibility index (Phi) is 5.14. The number of nitrogens with zero attached hydrogens (tertiary/aromatic N) is 1. The number of rotatable bonds is 5. The van der Waals surface area contributed by atoms with Crippen molar-refractivity contribution in [3.63, 3.8) is 0 Å². The van der Waals surface area contributed by atoms with Crippen LogP contribution in [0.1, 0.15) is 23.1 Å². The number of nitrogens with two attached hydrogens (primary N) is 1. The molecular weight excluding hydrogens is 317 g/mol. The summed E-state index contributed by atoms with van der Waals surface area (Å²) in [5.74, 6) is 5.11. The number of benzene rings is 2. The Morgan fingerprint density at radius 1 is 1.40 bits per heavy atom. The third-order valence-corrected chi connectivity index (χ3v) is 4.43. The smallest absolute Gasteiger partial charge is 0.131 e. The highest BCUT2D eigenvalue weighted by atomic mass is 19.1. The van der Waals surface area contributed by atoms with Crippen LogP contribution in [0.5, 0.6) is 0 Å². The van der Waals surface area contributed by atoms with Gasteiger partial charge in [0, 0.05) is 29.0 Å². The highest BCUT2D eigenvalue weighted by Gasteiger charge is 2.19. The molecule has 1 aliphatic rings. The Balaban J connectivity index is 2.15. The minimum absolute atomic E-state index is 0.221. The molecule has 1 aliphatic heterocycles. The molecule has 1 fully saturated rings. The van der Waals surface area contributed by atoms with Crippen molar-refractivity contribution in [1.29, 1.82) is 0 Å². The first-order chi connectivity index (χ1) is 12.1. The van der Waals surface area contributed by atoms with Crippen molar-refractivity contribution in [3.8, 4) is 11.1 Å². The number of anilines is 1. The Morgan fingerprint density at radius 3 is 2.88 bits per heavy atom. The molecule has 0 aromatic heterocycles. The second-order valence-electron chi connectivity index (χ2n) is 6.15.